The van der Waals surface area contributed by atoms with Crippen molar-refractivity contribution < 1.29 is 42.9 Å². The first-order valence-corrected chi connectivity index (χ1v) is 35.4. The Labute approximate surface area is 524 Å². The smallest absolute Gasteiger partial charge is 0.342 e. The summed E-state index contributed by atoms with van der Waals surface area (Å²) in [6.07, 6.45) is 5.87. The molecule has 0 bridgehead atoms. The molecule has 0 aromatic carbocycles. The Morgan fingerprint density at radius 3 is 1.06 bits per heavy atom. The van der Waals surface area contributed by atoms with E-state index in [0.29, 0.717) is 43.7 Å². The molecule has 5 aromatic rings. The summed E-state index contributed by atoms with van der Waals surface area (Å²) in [6, 6.07) is 0. The van der Waals surface area contributed by atoms with Gasteiger partial charge in [0.15, 0.2) is 25.1 Å². The van der Waals surface area contributed by atoms with E-state index in [1.165, 1.54) is 6.42 Å². The van der Waals surface area contributed by atoms with Crippen LogP contribution in [0, 0.1) is 23.2 Å². The second-order valence-electron chi connectivity index (χ2n) is 21.5. The summed E-state index contributed by atoms with van der Waals surface area (Å²) in [5, 5.41) is 31.2. The van der Waals surface area contributed by atoms with Gasteiger partial charge in [0.05, 0.1) is 56.3 Å². The average molecular weight is 1360 g/mol. The van der Waals surface area contributed by atoms with Gasteiger partial charge in [0, 0.05) is 6.54 Å². The standard InChI is InChI=1S/C11H17N3O4S.C10H13N3O4S.C9H14N4O3S.C9H15N3O4SSi.C9H11N3O4S/c1-6(11(2,3)4)18-7(15)5-19-9-8(16)12-10(17)14-13-9;14-7(17-4-6-2-1-3-6)5-18-9-8(15)11-10(16)13-12-9;1-5(2)3-10-6(14)4-17-8-7(15)11-9(16)13-12-8;1-18(2,3)5-16-6(13)4-17-8-7(14)10-9(15)12-11-8;13-6(16-3-5-1-2-5)4-17-8-7(14)10-9(15)12-11-8/h6H,5H2,1-4H3,(H2,12,14,16,17);6H,1-5H2,(H2,11,13,15,16);5H,3-4H2,1-2H3,(H,10,14)(H2,11,13,15,16);4-5H2,1-3H3,(H2,10,12,14,15);5H,1-4H2,(H2,10,12,14,15). The second-order valence-corrected chi connectivity index (χ2v) is 31.8. The molecule has 1 unspecified atom stereocenters. The Kier molecular flexibility index (Phi) is 32.3. The number of esters is 4. The zero-order valence-corrected chi connectivity index (χ0v) is 54.8. The molecule has 5 heterocycles. The molecule has 5 aromatic heterocycles. The number of nitrogens with zero attached hydrogens (tertiary/aromatic N) is 5. The highest BCUT2D eigenvalue weighted by Gasteiger charge is 2.25. The summed E-state index contributed by atoms with van der Waals surface area (Å²) >= 11 is 4.70. The van der Waals surface area contributed by atoms with Crippen LogP contribution in [0.4, 0.5) is 0 Å². The average Bonchev–Trinajstić information content (AvgIpc) is 4.43. The van der Waals surface area contributed by atoms with Crippen LogP contribution >= 0.6 is 58.8 Å². The lowest BCUT2D eigenvalue weighted by molar-refractivity contribution is -0.150. The van der Waals surface area contributed by atoms with Crippen LogP contribution < -0.4 is 61.6 Å². The molecular formula is C48H70N16O19S5Si. The predicted octanol–water partition coefficient (Wildman–Crippen LogP) is -0.781. The summed E-state index contributed by atoms with van der Waals surface area (Å²) in [7, 11) is -1.43. The van der Waals surface area contributed by atoms with E-state index in [9.17, 15) is 71.9 Å². The maximum atomic E-state index is 11.6. The van der Waals surface area contributed by atoms with Gasteiger partial charge in [0.1, 0.15) is 6.10 Å². The molecular weight excluding hydrogens is 1290 g/mol. The highest BCUT2D eigenvalue weighted by atomic mass is 32.2. The number of amides is 1. The molecule has 0 aliphatic heterocycles. The largest absolute Gasteiger partial charge is 0.469 e. The maximum absolute atomic E-state index is 11.6. The van der Waals surface area contributed by atoms with Gasteiger partial charge in [-0.1, -0.05) is 119 Å². The third-order valence-electron chi connectivity index (χ3n) is 10.8. The van der Waals surface area contributed by atoms with Crippen molar-refractivity contribution >= 4 is 96.7 Å². The van der Waals surface area contributed by atoms with Crippen molar-refractivity contribution in [1.29, 1.82) is 0 Å². The molecule has 2 aliphatic carbocycles. The molecule has 0 saturated heterocycles. The minimum Gasteiger partial charge on any atom is -0.469 e. The number of thioether (sulfide) groups is 5. The zero-order chi connectivity index (χ0) is 66.4. The number of ether oxygens (including phenoxy) is 4. The highest BCUT2D eigenvalue weighted by molar-refractivity contribution is 8.00. The van der Waals surface area contributed by atoms with Crippen LogP contribution in [0.5, 0.6) is 0 Å². The summed E-state index contributed by atoms with van der Waals surface area (Å²) in [4.78, 5) is 177. The Morgan fingerprint density at radius 1 is 0.483 bits per heavy atom. The first kappa shape index (κ1) is 75.6. The van der Waals surface area contributed by atoms with Gasteiger partial charge in [-0.05, 0) is 55.8 Å². The zero-order valence-electron chi connectivity index (χ0n) is 49.7. The predicted molar refractivity (Wildman–Crippen MR) is 330 cm³/mol. The van der Waals surface area contributed by atoms with Gasteiger partial charge >= 0.3 is 52.3 Å². The van der Waals surface area contributed by atoms with Gasteiger partial charge in [-0.2, -0.15) is 25.5 Å². The third-order valence-corrected chi connectivity index (χ3v) is 16.5. The van der Waals surface area contributed by atoms with Crippen LogP contribution in [0.25, 0.3) is 0 Å². The molecule has 1 atom stereocenters. The van der Waals surface area contributed by atoms with Gasteiger partial charge in [-0.25, -0.2) is 49.5 Å². The molecule has 2 fully saturated rings. The highest BCUT2D eigenvalue weighted by Crippen LogP contribution is 2.29. The number of nitrogens with one attached hydrogen (secondary N) is 11. The van der Waals surface area contributed by atoms with Crippen molar-refractivity contribution in [2.45, 2.75) is 125 Å². The van der Waals surface area contributed by atoms with Gasteiger partial charge in [0.25, 0.3) is 27.8 Å². The summed E-state index contributed by atoms with van der Waals surface area (Å²) in [5.74, 6) is -0.307. The van der Waals surface area contributed by atoms with Crippen molar-refractivity contribution in [2.24, 2.45) is 23.2 Å². The molecule has 11 N–H and O–H groups in total. The normalized spacial score (nSPS) is 12.9. The number of H-pyrrole nitrogens is 10. The molecule has 7 rings (SSSR count). The van der Waals surface area contributed by atoms with Crippen LogP contribution in [-0.2, 0) is 42.9 Å². The molecule has 490 valence electrons. The molecule has 2 saturated carbocycles. The molecule has 35 nitrogen and oxygen atoms in total. The van der Waals surface area contributed by atoms with E-state index in [4.69, 9.17) is 18.9 Å². The first-order valence-electron chi connectivity index (χ1n) is 26.8. The van der Waals surface area contributed by atoms with Gasteiger partial charge < -0.3 is 24.3 Å². The van der Waals surface area contributed by atoms with E-state index in [1.807, 2.05) is 66.5 Å². The fourth-order valence-corrected chi connectivity index (χ4v) is 9.14. The van der Waals surface area contributed by atoms with E-state index in [2.05, 4.69) is 75.9 Å². The van der Waals surface area contributed by atoms with Crippen molar-refractivity contribution in [3.05, 3.63) is 104 Å². The lowest BCUT2D eigenvalue weighted by Gasteiger charge is -2.26. The Bertz CT molecular complexity index is 3680. The number of aromatic nitrogens is 15. The summed E-state index contributed by atoms with van der Waals surface area (Å²) in [5.41, 5.74) is -6.53. The fraction of sp³-hybridized carbons (Fsp3) is 0.583. The summed E-state index contributed by atoms with van der Waals surface area (Å²) < 4.78 is 20.3. The number of hydrogen-bond donors (Lipinski definition) is 11. The van der Waals surface area contributed by atoms with Crippen molar-refractivity contribution in [1.82, 2.24) is 81.2 Å². The van der Waals surface area contributed by atoms with Gasteiger partial charge in [-0.3, -0.25) is 72.9 Å². The fourth-order valence-electron chi connectivity index (χ4n) is 5.38. The summed E-state index contributed by atoms with van der Waals surface area (Å²) in [6.45, 7) is 19.4. The first-order chi connectivity index (χ1) is 41.8. The molecule has 0 spiro atoms. The van der Waals surface area contributed by atoms with Crippen LogP contribution in [0.15, 0.2) is 73.1 Å². The lowest BCUT2D eigenvalue weighted by Crippen LogP contribution is -2.30. The Morgan fingerprint density at radius 2 is 0.787 bits per heavy atom. The number of rotatable bonds is 24. The van der Waals surface area contributed by atoms with E-state index in [-0.39, 0.29) is 83.3 Å². The number of aromatic amines is 10. The van der Waals surface area contributed by atoms with Crippen molar-refractivity contribution in [2.75, 3.05) is 54.8 Å². The quantitative estimate of drug-likeness (QED) is 0.0156. The van der Waals surface area contributed by atoms with E-state index < -0.39 is 76.3 Å². The van der Waals surface area contributed by atoms with Crippen LogP contribution in [0.3, 0.4) is 0 Å². The number of hydrogen-bond acceptors (Lipinski definition) is 29. The third kappa shape index (κ3) is 33.0. The SMILES string of the molecule is CC(C)CNC(=O)CSc1n[nH]c(=O)[nH]c1=O.CC(OC(=O)CSc1n[nH]c(=O)[nH]c1=O)C(C)(C)C.C[Si](C)(C)COC(=O)CSc1n[nH]c(=O)[nH]c1=O.O=C(CSc1n[nH]c(=O)[nH]c1=O)OCC1CC1.O=C(CSc1n[nH]c(=O)[nH]c1=O)OCC1CCC1. The Balaban J connectivity index is 0.000000291. The minimum atomic E-state index is -1.43. The van der Waals surface area contributed by atoms with Crippen LogP contribution in [-0.4, -0.2) is 175 Å². The monoisotopic (exact) mass is 1360 g/mol. The molecule has 41 heteroatoms. The van der Waals surface area contributed by atoms with E-state index in [1.54, 1.807) is 0 Å². The van der Waals surface area contributed by atoms with Crippen LogP contribution in [0.2, 0.25) is 19.6 Å². The topological polar surface area (TPSA) is 527 Å². The van der Waals surface area contributed by atoms with Crippen molar-refractivity contribution in [3.63, 3.8) is 0 Å². The molecule has 1 amide bonds. The van der Waals surface area contributed by atoms with Gasteiger partial charge in [0.2, 0.25) is 5.91 Å². The van der Waals surface area contributed by atoms with Crippen LogP contribution in [0.1, 0.15) is 73.6 Å². The molecule has 89 heavy (non-hydrogen) atoms. The maximum Gasteiger partial charge on any atom is 0.342 e. The Hall–Kier alpha value is -7.63. The lowest BCUT2D eigenvalue weighted by atomic mass is 9.86. The second kappa shape index (κ2) is 38.0. The van der Waals surface area contributed by atoms with E-state index in [0.717, 1.165) is 84.5 Å². The number of carbonyl (C=O) groups excluding carboxylic acids is 5. The van der Waals surface area contributed by atoms with E-state index >= 15 is 0 Å². The van der Waals surface area contributed by atoms with Gasteiger partial charge in [-0.15, -0.1) is 0 Å². The minimum absolute atomic E-state index is 0.00734. The molecule has 0 radical (unpaired) electrons. The van der Waals surface area contributed by atoms with Crippen molar-refractivity contribution in [3.8, 4) is 0 Å². The molecule has 2 aliphatic rings. The number of carbonyl (C=O) groups is 5.